The second kappa shape index (κ2) is 13.2. The van der Waals surface area contributed by atoms with E-state index in [0.29, 0.717) is 53.9 Å². The molecule has 2 aromatic carbocycles. The van der Waals surface area contributed by atoms with E-state index in [1.54, 1.807) is 6.07 Å². The van der Waals surface area contributed by atoms with Crippen molar-refractivity contribution in [2.24, 2.45) is 5.14 Å². The minimum absolute atomic E-state index is 0.0165. The van der Waals surface area contributed by atoms with E-state index >= 15 is 0 Å². The average molecular weight is 659 g/mol. The number of pyridine rings is 1. The van der Waals surface area contributed by atoms with Gasteiger partial charge in [0.1, 0.15) is 28.9 Å². The van der Waals surface area contributed by atoms with E-state index in [2.05, 4.69) is 10.2 Å². The van der Waals surface area contributed by atoms with Crippen molar-refractivity contribution in [3.05, 3.63) is 62.8 Å². The predicted molar refractivity (Wildman–Crippen MR) is 177 cm³/mol. The van der Waals surface area contributed by atoms with Crippen LogP contribution in [-0.2, 0) is 27.8 Å². The number of benzene rings is 2. The number of carbonyl (C=O) groups is 1. The number of rotatable bonds is 7. The summed E-state index contributed by atoms with van der Waals surface area (Å²) in [7, 11) is -1.89. The Bertz CT molecular complexity index is 1580. The summed E-state index contributed by atoms with van der Waals surface area (Å²) in [6.07, 6.45) is 5.46. The zero-order chi connectivity index (χ0) is 31.0. The molecule has 1 atom stereocenters. The fourth-order valence-corrected chi connectivity index (χ4v) is 8.85. The van der Waals surface area contributed by atoms with Gasteiger partial charge >= 0.3 is 0 Å². The number of hydrogen-bond donors (Lipinski definition) is 2. The summed E-state index contributed by atoms with van der Waals surface area (Å²) in [5, 5.41) is 11.0. The minimum atomic E-state index is -1.89. The highest BCUT2D eigenvalue weighted by molar-refractivity contribution is 7.82. The van der Waals surface area contributed by atoms with Crippen LogP contribution in [-0.4, -0.2) is 70.2 Å². The Labute approximate surface area is 272 Å². The topological polar surface area (TPSA) is 101 Å². The van der Waals surface area contributed by atoms with Gasteiger partial charge in [-0.1, -0.05) is 48.2 Å². The van der Waals surface area contributed by atoms with E-state index in [-0.39, 0.29) is 22.4 Å². The van der Waals surface area contributed by atoms with Crippen LogP contribution in [0.5, 0.6) is 5.75 Å². The van der Waals surface area contributed by atoms with Crippen molar-refractivity contribution in [3.63, 3.8) is 0 Å². The van der Waals surface area contributed by atoms with Gasteiger partial charge in [-0.3, -0.25) is 9.69 Å². The molecule has 3 aliphatic rings. The molecule has 1 aliphatic carbocycles. The van der Waals surface area contributed by atoms with Crippen LogP contribution in [0, 0.1) is 13.8 Å². The molecule has 0 bridgehead atoms. The van der Waals surface area contributed by atoms with Crippen LogP contribution < -0.4 is 15.2 Å². The number of carbonyl (C=O) groups excluding carboxylic acids is 1. The van der Waals surface area contributed by atoms with E-state index in [4.69, 9.17) is 38.1 Å². The van der Waals surface area contributed by atoms with Gasteiger partial charge in [0, 0.05) is 48.9 Å². The van der Waals surface area contributed by atoms with E-state index in [0.717, 1.165) is 74.0 Å². The van der Waals surface area contributed by atoms with Gasteiger partial charge in [-0.15, -0.1) is 0 Å². The highest BCUT2D eigenvalue weighted by atomic mass is 35.5. The van der Waals surface area contributed by atoms with Gasteiger partial charge in [0.15, 0.2) is 0 Å². The fourth-order valence-electron chi connectivity index (χ4n) is 7.45. The van der Waals surface area contributed by atoms with Crippen molar-refractivity contribution in [1.82, 2.24) is 20.1 Å². The Balaban J connectivity index is 1.32. The first-order valence-electron chi connectivity index (χ1n) is 15.6. The number of piperidine rings is 1. The SMILES string of the molecule is Cc1cc(C)c2cccc(OCc3c(Cl)c(S(N)=O)cc(C4(C(=O)N5CCN(C6CCNCC6)CC5)CCCC4)c3Cl)c2n1. The summed E-state index contributed by atoms with van der Waals surface area (Å²) >= 11 is 14.0. The standard InChI is InChI=1S/C33H41Cl2N5O3S/c1-21-18-22(2)38-31-24(21)6-5-7-27(31)43-20-25-29(34)26(19-28(30(25)35)44(36)42)33(10-3-4-11-33)32(41)40-16-14-39(15-17-40)23-8-12-37-13-9-23/h5-7,18-19,23,37H,3-4,8-17,20,36H2,1-2H3. The molecule has 3 N–H and O–H groups in total. The predicted octanol–water partition coefficient (Wildman–Crippen LogP) is 5.43. The lowest BCUT2D eigenvalue weighted by Gasteiger charge is -2.43. The lowest BCUT2D eigenvalue weighted by Crippen LogP contribution is -2.57. The first-order valence-corrected chi connectivity index (χ1v) is 17.6. The second-order valence-electron chi connectivity index (χ2n) is 12.4. The Morgan fingerprint density at radius 3 is 2.48 bits per heavy atom. The lowest BCUT2D eigenvalue weighted by molar-refractivity contribution is -0.139. The quantitative estimate of drug-likeness (QED) is 0.352. The summed E-state index contributed by atoms with van der Waals surface area (Å²) in [6, 6.07) is 10.1. The highest BCUT2D eigenvalue weighted by Crippen LogP contribution is 2.48. The molecule has 11 heteroatoms. The van der Waals surface area contributed by atoms with Crippen LogP contribution >= 0.6 is 23.2 Å². The number of nitrogens with zero attached hydrogens (tertiary/aromatic N) is 3. The Morgan fingerprint density at radius 1 is 1.09 bits per heavy atom. The van der Waals surface area contributed by atoms with E-state index in [9.17, 15) is 9.00 Å². The number of para-hydroxylation sites is 1. The zero-order valence-electron chi connectivity index (χ0n) is 25.5. The van der Waals surface area contributed by atoms with Crippen molar-refractivity contribution >= 4 is 51.0 Å². The number of ether oxygens (including phenoxy) is 1. The molecule has 6 rings (SSSR count). The van der Waals surface area contributed by atoms with Crippen molar-refractivity contribution < 1.29 is 13.7 Å². The summed E-state index contributed by atoms with van der Waals surface area (Å²) in [5.41, 5.74) is 3.06. The number of piperazine rings is 1. The lowest BCUT2D eigenvalue weighted by atomic mass is 9.76. The fraction of sp³-hybridized carbons (Fsp3) is 0.515. The van der Waals surface area contributed by atoms with Crippen LogP contribution in [0.4, 0.5) is 0 Å². The summed E-state index contributed by atoms with van der Waals surface area (Å²) in [5.74, 6) is 0.689. The van der Waals surface area contributed by atoms with Crippen LogP contribution in [0.1, 0.15) is 60.9 Å². The third-order valence-corrected chi connectivity index (χ3v) is 11.5. The molecular formula is C33H41Cl2N5O3S. The summed E-state index contributed by atoms with van der Waals surface area (Å²) < 4.78 is 19.1. The highest BCUT2D eigenvalue weighted by Gasteiger charge is 2.47. The van der Waals surface area contributed by atoms with Gasteiger partial charge in [0.05, 0.1) is 20.4 Å². The van der Waals surface area contributed by atoms with E-state index < -0.39 is 16.4 Å². The number of amides is 1. The third kappa shape index (κ3) is 5.99. The van der Waals surface area contributed by atoms with E-state index in [1.165, 1.54) is 0 Å². The number of halogens is 2. The molecule has 0 radical (unpaired) electrons. The van der Waals surface area contributed by atoms with Gasteiger partial charge in [-0.25, -0.2) is 14.3 Å². The van der Waals surface area contributed by atoms with Gasteiger partial charge in [0.2, 0.25) is 5.91 Å². The molecule has 2 saturated heterocycles. The van der Waals surface area contributed by atoms with Crippen molar-refractivity contribution in [2.75, 3.05) is 39.3 Å². The Hall–Kier alpha value is -2.27. The molecule has 2 aliphatic heterocycles. The largest absolute Gasteiger partial charge is 0.487 e. The minimum Gasteiger partial charge on any atom is -0.487 e. The Morgan fingerprint density at radius 2 is 1.80 bits per heavy atom. The summed E-state index contributed by atoms with van der Waals surface area (Å²) in [6.45, 7) is 9.24. The first kappa shape index (κ1) is 31.7. The Kier molecular flexibility index (Phi) is 9.53. The smallest absolute Gasteiger partial charge is 0.233 e. The molecule has 1 aromatic heterocycles. The number of aromatic nitrogens is 1. The average Bonchev–Trinajstić information content (AvgIpc) is 3.52. The van der Waals surface area contributed by atoms with Crippen LogP contribution in [0.3, 0.4) is 0 Å². The maximum Gasteiger partial charge on any atom is 0.233 e. The van der Waals surface area contributed by atoms with Crippen molar-refractivity contribution in [1.29, 1.82) is 0 Å². The third-order valence-electron chi connectivity index (χ3n) is 9.79. The second-order valence-corrected chi connectivity index (χ2v) is 14.2. The molecule has 44 heavy (non-hydrogen) atoms. The van der Waals surface area contributed by atoms with E-state index in [1.807, 2.05) is 43.0 Å². The molecule has 0 spiro atoms. The van der Waals surface area contributed by atoms with Gasteiger partial charge in [-0.05, 0) is 81.9 Å². The van der Waals surface area contributed by atoms with Gasteiger partial charge in [0.25, 0.3) is 0 Å². The maximum atomic E-state index is 14.5. The number of nitrogens with two attached hydrogens (primary N) is 1. The van der Waals surface area contributed by atoms with Crippen LogP contribution in [0.25, 0.3) is 10.9 Å². The molecule has 236 valence electrons. The maximum absolute atomic E-state index is 14.5. The molecule has 8 nitrogen and oxygen atoms in total. The van der Waals surface area contributed by atoms with Crippen LogP contribution in [0.15, 0.2) is 35.2 Å². The molecule has 1 amide bonds. The molecular weight excluding hydrogens is 617 g/mol. The van der Waals surface area contributed by atoms with Crippen molar-refractivity contribution in [2.45, 2.75) is 75.3 Å². The monoisotopic (exact) mass is 657 g/mol. The number of hydrogen-bond acceptors (Lipinski definition) is 6. The molecule has 3 fully saturated rings. The van der Waals surface area contributed by atoms with Gasteiger partial charge in [-0.2, -0.15) is 0 Å². The molecule has 3 heterocycles. The molecule has 3 aromatic rings. The van der Waals surface area contributed by atoms with Gasteiger partial charge < -0.3 is 15.0 Å². The normalized spacial score (nSPS) is 20.2. The summed E-state index contributed by atoms with van der Waals surface area (Å²) in [4.78, 5) is 24.0. The first-order chi connectivity index (χ1) is 21.2. The zero-order valence-corrected chi connectivity index (χ0v) is 27.8. The number of aryl methyl sites for hydroxylation is 2. The molecule has 1 saturated carbocycles. The van der Waals surface area contributed by atoms with Crippen LogP contribution in [0.2, 0.25) is 10.0 Å². The van der Waals surface area contributed by atoms with Crippen molar-refractivity contribution in [3.8, 4) is 5.75 Å². The number of fused-ring (bicyclic) bond motifs is 1. The number of nitrogens with one attached hydrogen (secondary N) is 1. The molecule has 1 unspecified atom stereocenters.